The number of aromatic nitrogens is 2. The minimum atomic E-state index is 0.755. The van der Waals surface area contributed by atoms with Crippen molar-refractivity contribution in [2.45, 2.75) is 32.6 Å². The first-order valence-corrected chi connectivity index (χ1v) is 8.06. The number of anilines is 2. The van der Waals surface area contributed by atoms with Gasteiger partial charge in [0.15, 0.2) is 11.6 Å². The number of hydrogen-bond acceptors (Lipinski definition) is 5. The number of methoxy groups -OCH3 is 1. The topological polar surface area (TPSA) is 50.3 Å². The third kappa shape index (κ3) is 2.78. The Hall–Kier alpha value is -1.52. The Labute approximate surface area is 127 Å². The molecule has 1 N–H and O–H groups in total. The van der Waals surface area contributed by atoms with Crippen LogP contribution >= 0.6 is 0 Å². The molecule has 1 aromatic heterocycles. The van der Waals surface area contributed by atoms with Gasteiger partial charge in [-0.15, -0.1) is 0 Å². The van der Waals surface area contributed by atoms with E-state index < -0.39 is 0 Å². The second kappa shape index (κ2) is 6.08. The van der Waals surface area contributed by atoms with Crippen LogP contribution in [0.2, 0.25) is 0 Å². The number of nitrogens with one attached hydrogen (secondary N) is 1. The predicted molar refractivity (Wildman–Crippen MR) is 85.0 cm³/mol. The molecule has 2 bridgehead atoms. The van der Waals surface area contributed by atoms with Gasteiger partial charge in [-0.3, -0.25) is 0 Å². The van der Waals surface area contributed by atoms with Gasteiger partial charge in [-0.2, -0.15) is 0 Å². The summed E-state index contributed by atoms with van der Waals surface area (Å²) in [6, 6.07) is 0. The Bertz CT molecular complexity index is 493. The van der Waals surface area contributed by atoms with E-state index in [-0.39, 0.29) is 0 Å². The summed E-state index contributed by atoms with van der Waals surface area (Å²) in [6.45, 7) is 3.95. The summed E-state index contributed by atoms with van der Waals surface area (Å²) in [5.74, 6) is 5.16. The summed E-state index contributed by atoms with van der Waals surface area (Å²) in [7, 11) is 3.81. The van der Waals surface area contributed by atoms with E-state index in [1.165, 1.54) is 25.7 Å². The average Bonchev–Trinajstić information content (AvgIpc) is 3.10. The molecule has 1 aromatic rings. The zero-order chi connectivity index (χ0) is 14.8. The molecule has 5 nitrogen and oxygen atoms in total. The van der Waals surface area contributed by atoms with Crippen molar-refractivity contribution in [1.29, 1.82) is 0 Å². The van der Waals surface area contributed by atoms with Crippen LogP contribution in [0.5, 0.6) is 5.75 Å². The van der Waals surface area contributed by atoms with Crippen LogP contribution in [0, 0.1) is 17.8 Å². The van der Waals surface area contributed by atoms with Gasteiger partial charge in [-0.25, -0.2) is 9.97 Å². The highest BCUT2D eigenvalue weighted by Gasteiger charge is 2.40. The zero-order valence-electron chi connectivity index (χ0n) is 13.3. The Kier molecular flexibility index (Phi) is 4.17. The Balaban J connectivity index is 1.74. The largest absolute Gasteiger partial charge is 0.490 e. The molecule has 21 heavy (non-hydrogen) atoms. The minimum absolute atomic E-state index is 0.755. The van der Waals surface area contributed by atoms with Crippen LogP contribution in [0.25, 0.3) is 0 Å². The van der Waals surface area contributed by atoms with E-state index in [0.29, 0.717) is 0 Å². The smallest absolute Gasteiger partial charge is 0.204 e. The number of hydrogen-bond donors (Lipinski definition) is 1. The summed E-state index contributed by atoms with van der Waals surface area (Å²) in [6.07, 6.45) is 7.33. The van der Waals surface area contributed by atoms with Crippen molar-refractivity contribution in [2.24, 2.45) is 17.8 Å². The molecular formula is C16H26N4O. The molecule has 2 aliphatic rings. The Morgan fingerprint density at radius 3 is 2.81 bits per heavy atom. The van der Waals surface area contributed by atoms with Gasteiger partial charge in [-0.1, -0.05) is 6.42 Å². The van der Waals surface area contributed by atoms with Crippen LogP contribution in [-0.4, -0.2) is 37.2 Å². The molecule has 0 radical (unpaired) electrons. The van der Waals surface area contributed by atoms with Crippen molar-refractivity contribution in [3.05, 3.63) is 6.33 Å². The highest BCUT2D eigenvalue weighted by atomic mass is 16.5. The van der Waals surface area contributed by atoms with Crippen molar-refractivity contribution in [3.8, 4) is 5.75 Å². The summed E-state index contributed by atoms with van der Waals surface area (Å²) < 4.78 is 5.55. The molecule has 0 aliphatic heterocycles. The van der Waals surface area contributed by atoms with Crippen molar-refractivity contribution in [1.82, 2.24) is 9.97 Å². The maximum Gasteiger partial charge on any atom is 0.204 e. The first kappa shape index (κ1) is 14.4. The van der Waals surface area contributed by atoms with Crippen molar-refractivity contribution in [3.63, 3.8) is 0 Å². The van der Waals surface area contributed by atoms with Crippen LogP contribution in [-0.2, 0) is 0 Å². The summed E-state index contributed by atoms with van der Waals surface area (Å²) in [4.78, 5) is 11.0. The van der Waals surface area contributed by atoms with Crippen LogP contribution < -0.4 is 15.0 Å². The van der Waals surface area contributed by atoms with E-state index in [4.69, 9.17) is 4.74 Å². The molecule has 1 heterocycles. The second-order valence-electron chi connectivity index (χ2n) is 6.42. The number of rotatable bonds is 6. The first-order valence-electron chi connectivity index (χ1n) is 8.06. The molecule has 3 unspecified atom stereocenters. The van der Waals surface area contributed by atoms with E-state index in [1.54, 1.807) is 13.4 Å². The van der Waals surface area contributed by atoms with Gasteiger partial charge >= 0.3 is 0 Å². The van der Waals surface area contributed by atoms with Gasteiger partial charge in [0, 0.05) is 20.1 Å². The molecule has 5 heteroatoms. The lowest BCUT2D eigenvalue weighted by atomic mass is 9.88. The number of ether oxygens (including phenoxy) is 1. The summed E-state index contributed by atoms with van der Waals surface area (Å²) >= 11 is 0. The molecule has 3 atom stereocenters. The third-order valence-electron chi connectivity index (χ3n) is 5.09. The summed E-state index contributed by atoms with van der Waals surface area (Å²) in [5, 5.41) is 3.24. The fraction of sp³-hybridized carbons (Fsp3) is 0.750. The van der Waals surface area contributed by atoms with Crippen LogP contribution in [0.4, 0.5) is 11.6 Å². The van der Waals surface area contributed by atoms with E-state index in [9.17, 15) is 0 Å². The lowest BCUT2D eigenvalue weighted by Crippen LogP contribution is -2.29. The molecular weight excluding hydrogens is 264 g/mol. The second-order valence-corrected chi connectivity index (χ2v) is 6.42. The average molecular weight is 290 g/mol. The quantitative estimate of drug-likeness (QED) is 0.873. The van der Waals surface area contributed by atoms with Gasteiger partial charge in [0.2, 0.25) is 5.75 Å². The van der Waals surface area contributed by atoms with Crippen molar-refractivity contribution < 1.29 is 4.74 Å². The zero-order valence-corrected chi connectivity index (χ0v) is 13.3. The maximum absolute atomic E-state index is 5.55. The summed E-state index contributed by atoms with van der Waals surface area (Å²) in [5.41, 5.74) is 0. The highest BCUT2D eigenvalue weighted by Crippen LogP contribution is 2.48. The molecule has 2 fully saturated rings. The SMILES string of the molecule is CCNc1ncnc(N(C)CC2CC3CCC2C3)c1OC. The number of fused-ring (bicyclic) bond motifs is 2. The van der Waals surface area contributed by atoms with Gasteiger partial charge in [0.1, 0.15) is 6.33 Å². The first-order chi connectivity index (χ1) is 10.2. The van der Waals surface area contributed by atoms with Crippen LogP contribution in [0.15, 0.2) is 6.33 Å². The fourth-order valence-corrected chi connectivity index (χ4v) is 4.16. The monoisotopic (exact) mass is 290 g/mol. The minimum Gasteiger partial charge on any atom is -0.490 e. The van der Waals surface area contributed by atoms with Crippen LogP contribution in [0.1, 0.15) is 32.6 Å². The normalized spacial score (nSPS) is 26.9. The molecule has 0 aromatic carbocycles. The van der Waals surface area contributed by atoms with Crippen LogP contribution in [0.3, 0.4) is 0 Å². The third-order valence-corrected chi connectivity index (χ3v) is 5.09. The van der Waals surface area contributed by atoms with Gasteiger partial charge in [0.25, 0.3) is 0 Å². The standard InChI is InChI=1S/C16H26N4O/c1-4-17-15-14(21-3)16(19-10-18-15)20(2)9-13-8-11-5-6-12(13)7-11/h10-13H,4-9H2,1-3H3,(H,17,18,19). The molecule has 2 saturated carbocycles. The maximum atomic E-state index is 5.55. The molecule has 0 saturated heterocycles. The Morgan fingerprint density at radius 2 is 2.19 bits per heavy atom. The predicted octanol–water partition coefficient (Wildman–Crippen LogP) is 2.79. The molecule has 3 rings (SSSR count). The van der Waals surface area contributed by atoms with Gasteiger partial charge in [0.05, 0.1) is 7.11 Å². The lowest BCUT2D eigenvalue weighted by Gasteiger charge is -2.28. The number of nitrogens with zero attached hydrogens (tertiary/aromatic N) is 3. The van der Waals surface area contributed by atoms with Gasteiger partial charge in [-0.05, 0) is 43.9 Å². The van der Waals surface area contributed by atoms with Gasteiger partial charge < -0.3 is 15.0 Å². The van der Waals surface area contributed by atoms with E-state index in [2.05, 4.69) is 34.2 Å². The molecule has 0 amide bonds. The van der Waals surface area contributed by atoms with E-state index >= 15 is 0 Å². The van der Waals surface area contributed by atoms with E-state index in [1.807, 2.05) is 0 Å². The molecule has 0 spiro atoms. The lowest BCUT2D eigenvalue weighted by molar-refractivity contribution is 0.335. The van der Waals surface area contributed by atoms with Crippen molar-refractivity contribution >= 4 is 11.6 Å². The van der Waals surface area contributed by atoms with E-state index in [0.717, 1.165) is 48.2 Å². The molecule has 2 aliphatic carbocycles. The van der Waals surface area contributed by atoms with Crippen molar-refractivity contribution in [2.75, 3.05) is 37.5 Å². The highest BCUT2D eigenvalue weighted by molar-refractivity contribution is 5.64. The molecule has 116 valence electrons. The Morgan fingerprint density at radius 1 is 1.33 bits per heavy atom. The fourth-order valence-electron chi connectivity index (χ4n) is 4.16.